The lowest BCUT2D eigenvalue weighted by atomic mass is 10.2. The number of aromatic nitrogens is 1. The summed E-state index contributed by atoms with van der Waals surface area (Å²) in [6.45, 7) is 0.312. The predicted molar refractivity (Wildman–Crippen MR) is 148 cm³/mol. The third-order valence-electron chi connectivity index (χ3n) is 6.43. The largest absolute Gasteiger partial charge is 0.489 e. The summed E-state index contributed by atoms with van der Waals surface area (Å²) in [6.07, 6.45) is 0. The fourth-order valence-electron chi connectivity index (χ4n) is 4.50. The van der Waals surface area contributed by atoms with Gasteiger partial charge in [0.05, 0.1) is 15.3 Å². The first-order valence-corrected chi connectivity index (χ1v) is 13.6. The predicted octanol–water partition coefficient (Wildman–Crippen LogP) is 6.34. The highest BCUT2D eigenvalue weighted by Crippen LogP contribution is 2.32. The number of ketones is 1. The van der Waals surface area contributed by atoms with Crippen molar-refractivity contribution < 1.29 is 27.3 Å². The van der Waals surface area contributed by atoms with Gasteiger partial charge < -0.3 is 9.15 Å². The molecule has 0 aliphatic rings. The zero-order valence-electron chi connectivity index (χ0n) is 20.8. The zero-order valence-corrected chi connectivity index (χ0v) is 21.6. The Kier molecular flexibility index (Phi) is 6.16. The Morgan fingerprint density at radius 3 is 2.30 bits per heavy atom. The summed E-state index contributed by atoms with van der Waals surface area (Å²) in [5, 5.41) is 12.0. The number of nitro benzene ring substituents is 1. The molecular weight excluding hydrogens is 532 g/mol. The molecule has 0 atom stereocenters. The summed E-state index contributed by atoms with van der Waals surface area (Å²) in [5.74, 6) is -0.342. The second-order valence-electron chi connectivity index (χ2n) is 9.03. The highest BCUT2D eigenvalue weighted by Gasteiger charge is 2.29. The molecular formula is C30H20N2O7S. The molecule has 2 heterocycles. The number of nitrogens with zero attached hydrogens (tertiary/aromatic N) is 2. The standard InChI is InChI=1S/C30H20N2O7S/c33-30(29-18-22-15-23(32(34)35)11-14-28(22)39-29)27-17-21-16-24(38-19-20-7-3-1-4-8-20)12-13-26(21)31(27)40(36,37)25-9-5-2-6-10-25/h1-18H,19H2. The van der Waals surface area contributed by atoms with Crippen molar-refractivity contribution in [1.29, 1.82) is 0 Å². The second kappa shape index (κ2) is 9.83. The number of benzene rings is 4. The molecule has 10 heteroatoms. The van der Waals surface area contributed by atoms with Crippen LogP contribution < -0.4 is 4.74 Å². The Labute approximate surface area is 228 Å². The normalized spacial score (nSPS) is 11.6. The van der Waals surface area contributed by atoms with Crippen molar-refractivity contribution in [1.82, 2.24) is 3.97 Å². The molecule has 0 radical (unpaired) electrons. The maximum absolute atomic E-state index is 13.8. The number of ether oxygens (including phenoxy) is 1. The Morgan fingerprint density at radius 1 is 0.850 bits per heavy atom. The van der Waals surface area contributed by atoms with E-state index in [0.717, 1.165) is 9.54 Å². The molecule has 0 saturated carbocycles. The SMILES string of the molecule is O=C(c1cc2cc([N+](=O)[O-])ccc2o1)c1cc2cc(OCc3ccccc3)ccc2n1S(=O)(=O)c1ccccc1. The molecule has 0 aliphatic carbocycles. The number of hydrogen-bond acceptors (Lipinski definition) is 7. The van der Waals surface area contributed by atoms with E-state index in [4.69, 9.17) is 9.15 Å². The van der Waals surface area contributed by atoms with Crippen LogP contribution in [0.25, 0.3) is 21.9 Å². The first-order chi connectivity index (χ1) is 19.3. The van der Waals surface area contributed by atoms with Crippen molar-refractivity contribution in [3.63, 3.8) is 0 Å². The van der Waals surface area contributed by atoms with Crippen LogP contribution in [0.1, 0.15) is 21.8 Å². The smallest absolute Gasteiger partial charge is 0.270 e. The van der Waals surface area contributed by atoms with Gasteiger partial charge in [0, 0.05) is 22.9 Å². The van der Waals surface area contributed by atoms with E-state index in [1.165, 1.54) is 42.5 Å². The van der Waals surface area contributed by atoms with Crippen LogP contribution in [-0.4, -0.2) is 23.1 Å². The summed E-state index contributed by atoms with van der Waals surface area (Å²) >= 11 is 0. The van der Waals surface area contributed by atoms with Crippen molar-refractivity contribution >= 4 is 43.4 Å². The lowest BCUT2D eigenvalue weighted by molar-refractivity contribution is -0.384. The quantitative estimate of drug-likeness (QED) is 0.123. The van der Waals surface area contributed by atoms with E-state index >= 15 is 0 Å². The lowest BCUT2D eigenvalue weighted by Gasteiger charge is -2.11. The summed E-state index contributed by atoms with van der Waals surface area (Å²) < 4.78 is 40.3. The van der Waals surface area contributed by atoms with Crippen LogP contribution in [0.15, 0.2) is 119 Å². The molecule has 0 bridgehead atoms. The highest BCUT2D eigenvalue weighted by molar-refractivity contribution is 7.90. The van der Waals surface area contributed by atoms with Crippen LogP contribution in [0.4, 0.5) is 5.69 Å². The molecule has 6 rings (SSSR count). The highest BCUT2D eigenvalue weighted by atomic mass is 32.2. The molecule has 40 heavy (non-hydrogen) atoms. The Hall–Kier alpha value is -5.22. The average molecular weight is 553 g/mol. The van der Waals surface area contributed by atoms with E-state index in [-0.39, 0.29) is 33.1 Å². The number of hydrogen-bond donors (Lipinski definition) is 0. The summed E-state index contributed by atoms with van der Waals surface area (Å²) in [4.78, 5) is 24.4. The topological polar surface area (TPSA) is 122 Å². The van der Waals surface area contributed by atoms with Crippen molar-refractivity contribution in [3.05, 3.63) is 136 Å². The van der Waals surface area contributed by atoms with Gasteiger partial charge in [0.25, 0.3) is 15.7 Å². The fourth-order valence-corrected chi connectivity index (χ4v) is 6.03. The zero-order chi connectivity index (χ0) is 27.9. The van der Waals surface area contributed by atoms with Crippen LogP contribution >= 0.6 is 0 Å². The first kappa shape index (κ1) is 25.1. The molecule has 9 nitrogen and oxygen atoms in total. The van der Waals surface area contributed by atoms with Crippen molar-refractivity contribution in [3.8, 4) is 5.75 Å². The van der Waals surface area contributed by atoms with Gasteiger partial charge in [-0.3, -0.25) is 14.9 Å². The van der Waals surface area contributed by atoms with Gasteiger partial charge in [0.2, 0.25) is 5.78 Å². The molecule has 0 spiro atoms. The number of furan rings is 1. The van der Waals surface area contributed by atoms with E-state index in [2.05, 4.69) is 0 Å². The number of non-ortho nitro benzene ring substituents is 1. The third kappa shape index (κ3) is 4.50. The van der Waals surface area contributed by atoms with Gasteiger partial charge in [0.15, 0.2) is 5.76 Å². The Balaban J connectivity index is 1.47. The number of carbonyl (C=O) groups is 1. The second-order valence-corrected chi connectivity index (χ2v) is 10.8. The van der Waals surface area contributed by atoms with Gasteiger partial charge in [-0.1, -0.05) is 48.5 Å². The van der Waals surface area contributed by atoms with Crippen LogP contribution in [0.2, 0.25) is 0 Å². The monoisotopic (exact) mass is 552 g/mol. The van der Waals surface area contributed by atoms with Crippen LogP contribution in [0, 0.1) is 10.1 Å². The molecule has 6 aromatic rings. The molecule has 0 saturated heterocycles. The molecule has 0 unspecified atom stereocenters. The van der Waals surface area contributed by atoms with Crippen molar-refractivity contribution in [2.45, 2.75) is 11.5 Å². The molecule has 0 aliphatic heterocycles. The molecule has 4 aromatic carbocycles. The summed E-state index contributed by atoms with van der Waals surface area (Å²) in [5.41, 5.74) is 1.21. The fraction of sp³-hybridized carbons (Fsp3) is 0.0333. The average Bonchev–Trinajstić information content (AvgIpc) is 3.58. The molecule has 2 aromatic heterocycles. The van der Waals surface area contributed by atoms with Gasteiger partial charge in [-0.15, -0.1) is 0 Å². The van der Waals surface area contributed by atoms with E-state index in [0.29, 0.717) is 23.1 Å². The van der Waals surface area contributed by atoms with Crippen LogP contribution in [0.5, 0.6) is 5.75 Å². The maximum Gasteiger partial charge on any atom is 0.270 e. The molecule has 0 N–H and O–H groups in total. The summed E-state index contributed by atoms with van der Waals surface area (Å²) in [6, 6.07) is 29.1. The minimum Gasteiger partial charge on any atom is -0.489 e. The van der Waals surface area contributed by atoms with Crippen molar-refractivity contribution in [2.24, 2.45) is 0 Å². The third-order valence-corrected chi connectivity index (χ3v) is 8.17. The minimum absolute atomic E-state index is 0.00573. The Bertz CT molecular complexity index is 2010. The van der Waals surface area contributed by atoms with Gasteiger partial charge in [-0.05, 0) is 54.1 Å². The van der Waals surface area contributed by atoms with Gasteiger partial charge in [0.1, 0.15) is 23.6 Å². The number of nitro groups is 1. The van der Waals surface area contributed by atoms with E-state index in [9.17, 15) is 23.3 Å². The maximum atomic E-state index is 13.8. The van der Waals surface area contributed by atoms with E-state index in [1.807, 2.05) is 30.3 Å². The number of rotatable bonds is 8. The van der Waals surface area contributed by atoms with Gasteiger partial charge >= 0.3 is 0 Å². The van der Waals surface area contributed by atoms with Crippen molar-refractivity contribution in [2.75, 3.05) is 0 Å². The van der Waals surface area contributed by atoms with Crippen LogP contribution in [0.3, 0.4) is 0 Å². The molecule has 198 valence electrons. The van der Waals surface area contributed by atoms with Gasteiger partial charge in [-0.2, -0.15) is 0 Å². The number of fused-ring (bicyclic) bond motifs is 2. The van der Waals surface area contributed by atoms with E-state index in [1.54, 1.807) is 36.4 Å². The summed E-state index contributed by atoms with van der Waals surface area (Å²) in [7, 11) is -4.20. The molecule has 0 amide bonds. The van der Waals surface area contributed by atoms with Crippen LogP contribution in [-0.2, 0) is 16.6 Å². The Morgan fingerprint density at radius 2 is 1.57 bits per heavy atom. The minimum atomic E-state index is -4.20. The first-order valence-electron chi connectivity index (χ1n) is 12.2. The van der Waals surface area contributed by atoms with E-state index < -0.39 is 20.7 Å². The van der Waals surface area contributed by atoms with Gasteiger partial charge in [-0.25, -0.2) is 12.4 Å². The number of carbonyl (C=O) groups excluding carboxylic acids is 1. The molecule has 0 fully saturated rings. The lowest BCUT2D eigenvalue weighted by Crippen LogP contribution is -2.18.